The highest BCUT2D eigenvalue weighted by atomic mass is 19.4. The zero-order chi connectivity index (χ0) is 10.4. The Morgan fingerprint density at radius 2 is 2.07 bits per heavy atom. The van der Waals surface area contributed by atoms with Gasteiger partial charge in [-0.05, 0) is 25.0 Å². The Balaban J connectivity index is 2.45. The molecule has 0 saturated heterocycles. The molecule has 0 atom stereocenters. The lowest BCUT2D eigenvalue weighted by Crippen LogP contribution is -2.35. The molecule has 1 aromatic rings. The van der Waals surface area contributed by atoms with E-state index in [4.69, 9.17) is 0 Å². The zero-order valence-corrected chi connectivity index (χ0v) is 7.21. The number of carbonyl (C=O) groups is 1. The van der Waals surface area contributed by atoms with Crippen LogP contribution in [0, 0.1) is 0 Å². The molecule has 0 aromatic carbocycles. The first-order valence-corrected chi connectivity index (χ1v) is 4.21. The number of nitrogens with zero attached hydrogens (tertiary/aromatic N) is 1. The van der Waals surface area contributed by atoms with Gasteiger partial charge in [0.25, 0.3) is 0 Å². The van der Waals surface area contributed by atoms with Crippen molar-refractivity contribution in [1.29, 1.82) is 0 Å². The van der Waals surface area contributed by atoms with Crippen LogP contribution < -0.4 is 0 Å². The van der Waals surface area contributed by atoms with E-state index in [0.29, 0.717) is 6.29 Å². The van der Waals surface area contributed by atoms with Crippen LogP contribution in [0.15, 0.2) is 18.3 Å². The molecule has 1 aliphatic rings. The summed E-state index contributed by atoms with van der Waals surface area (Å²) in [7, 11) is 0. The van der Waals surface area contributed by atoms with E-state index in [1.54, 1.807) is 0 Å². The summed E-state index contributed by atoms with van der Waals surface area (Å²) in [6.45, 7) is 0. The van der Waals surface area contributed by atoms with Gasteiger partial charge in [0.1, 0.15) is 5.54 Å². The van der Waals surface area contributed by atoms with Crippen LogP contribution in [0.25, 0.3) is 0 Å². The fourth-order valence-electron chi connectivity index (χ4n) is 1.66. The third-order valence-electron chi connectivity index (χ3n) is 2.61. The van der Waals surface area contributed by atoms with Crippen LogP contribution >= 0.6 is 0 Å². The van der Waals surface area contributed by atoms with E-state index in [0.717, 1.165) is 4.57 Å². The second kappa shape index (κ2) is 2.62. The first-order chi connectivity index (χ1) is 6.51. The molecular weight excluding hydrogens is 195 g/mol. The van der Waals surface area contributed by atoms with Gasteiger partial charge in [-0.1, -0.05) is 0 Å². The Bertz CT molecular complexity index is 362. The summed E-state index contributed by atoms with van der Waals surface area (Å²) in [6.07, 6.45) is -2.39. The van der Waals surface area contributed by atoms with Gasteiger partial charge in [0.15, 0.2) is 6.29 Å². The SMILES string of the molecule is O=Cc1cccn1C1(C(F)(F)F)CC1. The van der Waals surface area contributed by atoms with Crippen LogP contribution in [-0.2, 0) is 5.54 Å². The van der Waals surface area contributed by atoms with E-state index in [1.165, 1.54) is 18.3 Å². The quantitative estimate of drug-likeness (QED) is 0.676. The van der Waals surface area contributed by atoms with Crippen molar-refractivity contribution in [3.05, 3.63) is 24.0 Å². The van der Waals surface area contributed by atoms with Crippen LogP contribution in [0.4, 0.5) is 13.2 Å². The van der Waals surface area contributed by atoms with E-state index < -0.39 is 11.7 Å². The van der Waals surface area contributed by atoms with Gasteiger partial charge in [0, 0.05) is 6.20 Å². The van der Waals surface area contributed by atoms with Crippen LogP contribution in [0.5, 0.6) is 0 Å². The monoisotopic (exact) mass is 203 g/mol. The molecule has 0 bridgehead atoms. The summed E-state index contributed by atoms with van der Waals surface area (Å²) >= 11 is 0. The second-order valence-electron chi connectivity index (χ2n) is 3.45. The maximum absolute atomic E-state index is 12.6. The number of alkyl halides is 3. The first-order valence-electron chi connectivity index (χ1n) is 4.21. The lowest BCUT2D eigenvalue weighted by atomic mass is 10.2. The normalized spacial score (nSPS) is 19.4. The Hall–Kier alpha value is -1.26. The molecule has 0 unspecified atom stereocenters. The number of hydrogen-bond donors (Lipinski definition) is 0. The van der Waals surface area contributed by atoms with Gasteiger partial charge in [0.05, 0.1) is 5.69 Å². The molecule has 0 aliphatic heterocycles. The molecule has 0 spiro atoms. The number of hydrogen-bond acceptors (Lipinski definition) is 1. The third-order valence-corrected chi connectivity index (χ3v) is 2.61. The van der Waals surface area contributed by atoms with Crippen molar-refractivity contribution in [3.8, 4) is 0 Å². The molecule has 1 aromatic heterocycles. The molecule has 1 aliphatic carbocycles. The summed E-state index contributed by atoms with van der Waals surface area (Å²) < 4.78 is 38.9. The number of aldehydes is 1. The molecule has 76 valence electrons. The van der Waals surface area contributed by atoms with E-state index in [2.05, 4.69) is 0 Å². The summed E-state index contributed by atoms with van der Waals surface area (Å²) in [5, 5.41) is 0. The predicted octanol–water partition coefficient (Wildman–Crippen LogP) is 2.35. The van der Waals surface area contributed by atoms with E-state index >= 15 is 0 Å². The largest absolute Gasteiger partial charge is 0.411 e. The molecule has 0 N–H and O–H groups in total. The molecule has 1 fully saturated rings. The molecule has 2 nitrogen and oxygen atoms in total. The molecular formula is C9H8F3NO. The van der Waals surface area contributed by atoms with Crippen LogP contribution in [0.3, 0.4) is 0 Å². The van der Waals surface area contributed by atoms with E-state index in [1.807, 2.05) is 0 Å². The van der Waals surface area contributed by atoms with Crippen molar-refractivity contribution < 1.29 is 18.0 Å². The van der Waals surface area contributed by atoms with E-state index in [9.17, 15) is 18.0 Å². The number of rotatable bonds is 2. The van der Waals surface area contributed by atoms with Crippen molar-refractivity contribution in [2.24, 2.45) is 0 Å². The molecule has 1 heterocycles. The van der Waals surface area contributed by atoms with Gasteiger partial charge in [-0.15, -0.1) is 0 Å². The zero-order valence-electron chi connectivity index (χ0n) is 7.21. The highest BCUT2D eigenvalue weighted by molar-refractivity contribution is 5.72. The van der Waals surface area contributed by atoms with Crippen molar-refractivity contribution >= 4 is 6.29 Å². The lowest BCUT2D eigenvalue weighted by molar-refractivity contribution is -0.179. The predicted molar refractivity (Wildman–Crippen MR) is 43.1 cm³/mol. The highest BCUT2D eigenvalue weighted by Gasteiger charge is 2.65. The van der Waals surface area contributed by atoms with Crippen molar-refractivity contribution in [2.45, 2.75) is 24.6 Å². The van der Waals surface area contributed by atoms with Gasteiger partial charge in [-0.2, -0.15) is 13.2 Å². The standard InChI is InChI=1S/C9H8F3NO/c10-9(11,12)8(3-4-8)13-5-1-2-7(13)6-14/h1-2,5-6H,3-4H2. The minimum absolute atomic E-state index is 0.0615. The highest BCUT2D eigenvalue weighted by Crippen LogP contribution is 2.55. The van der Waals surface area contributed by atoms with Crippen molar-refractivity contribution in [1.82, 2.24) is 4.57 Å². The van der Waals surface area contributed by atoms with Crippen molar-refractivity contribution in [3.63, 3.8) is 0 Å². The van der Waals surface area contributed by atoms with Crippen molar-refractivity contribution in [2.75, 3.05) is 0 Å². The Morgan fingerprint density at radius 1 is 1.43 bits per heavy atom. The smallest absolute Gasteiger partial charge is 0.330 e. The Kier molecular flexibility index (Phi) is 1.74. The van der Waals surface area contributed by atoms with E-state index in [-0.39, 0.29) is 18.5 Å². The van der Waals surface area contributed by atoms with Crippen LogP contribution in [-0.4, -0.2) is 17.0 Å². The number of aromatic nitrogens is 1. The average Bonchev–Trinajstić information content (AvgIpc) is 2.78. The van der Waals surface area contributed by atoms with Crippen LogP contribution in [0.1, 0.15) is 23.3 Å². The minimum atomic E-state index is -4.27. The molecule has 1 saturated carbocycles. The Labute approximate surface area is 78.3 Å². The fraction of sp³-hybridized carbons (Fsp3) is 0.444. The van der Waals surface area contributed by atoms with Gasteiger partial charge in [0.2, 0.25) is 0 Å². The summed E-state index contributed by atoms with van der Waals surface area (Å²) in [5.41, 5.74) is -1.73. The number of carbonyl (C=O) groups excluding carboxylic acids is 1. The van der Waals surface area contributed by atoms with Crippen LogP contribution in [0.2, 0.25) is 0 Å². The molecule has 14 heavy (non-hydrogen) atoms. The van der Waals surface area contributed by atoms with Gasteiger partial charge in [-0.25, -0.2) is 0 Å². The molecule has 5 heteroatoms. The first kappa shape index (κ1) is 9.30. The summed E-state index contributed by atoms with van der Waals surface area (Å²) in [6, 6.07) is 2.84. The molecule has 0 radical (unpaired) electrons. The molecule has 0 amide bonds. The topological polar surface area (TPSA) is 22.0 Å². The summed E-state index contributed by atoms with van der Waals surface area (Å²) in [4.78, 5) is 10.5. The Morgan fingerprint density at radius 3 is 2.50 bits per heavy atom. The lowest BCUT2D eigenvalue weighted by Gasteiger charge is -2.22. The molecule has 2 rings (SSSR count). The number of halogens is 3. The third kappa shape index (κ3) is 1.08. The maximum Gasteiger partial charge on any atom is 0.411 e. The average molecular weight is 203 g/mol. The van der Waals surface area contributed by atoms with Gasteiger partial charge >= 0.3 is 6.18 Å². The summed E-state index contributed by atoms with van der Waals surface area (Å²) in [5.74, 6) is 0. The maximum atomic E-state index is 12.6. The fourth-order valence-corrected chi connectivity index (χ4v) is 1.66. The minimum Gasteiger partial charge on any atom is -0.330 e. The van der Waals surface area contributed by atoms with Gasteiger partial charge < -0.3 is 4.57 Å². The van der Waals surface area contributed by atoms with Gasteiger partial charge in [-0.3, -0.25) is 4.79 Å². The second-order valence-corrected chi connectivity index (χ2v) is 3.45.